The third-order valence-corrected chi connectivity index (χ3v) is 9.09. The van der Waals surface area contributed by atoms with Crippen LogP contribution < -0.4 is 10.1 Å². The molecule has 10 heteroatoms. The molecule has 3 N–H and O–H groups in total. The summed E-state index contributed by atoms with van der Waals surface area (Å²) in [6.07, 6.45) is 1.22. The summed E-state index contributed by atoms with van der Waals surface area (Å²) >= 11 is 1.56. The zero-order valence-electron chi connectivity index (χ0n) is 25.6. The van der Waals surface area contributed by atoms with Crippen molar-refractivity contribution in [3.63, 3.8) is 0 Å². The van der Waals surface area contributed by atoms with Gasteiger partial charge in [0, 0.05) is 37.5 Å². The monoisotopic (exact) mass is 588 g/mol. The number of benzene rings is 1. The van der Waals surface area contributed by atoms with Crippen LogP contribution in [0, 0.1) is 18.8 Å². The minimum absolute atomic E-state index is 0.0309. The van der Waals surface area contributed by atoms with Gasteiger partial charge in [0.15, 0.2) is 0 Å². The summed E-state index contributed by atoms with van der Waals surface area (Å²) in [7, 11) is 2.10. The number of likely N-dealkylation sites (tertiary alicyclic amines) is 2. The fourth-order valence-corrected chi connectivity index (χ4v) is 6.07. The highest BCUT2D eigenvalue weighted by molar-refractivity contribution is 7.13. The van der Waals surface area contributed by atoms with E-state index in [1.54, 1.807) is 11.3 Å². The average Bonchev–Trinajstić information content (AvgIpc) is 3.58. The Hall–Kier alpha value is -2.53. The molecule has 2 aromatic rings. The number of rotatable bonds is 9. The minimum Gasteiger partial charge on any atom is -0.490 e. The Morgan fingerprint density at radius 3 is 2.46 bits per heavy atom. The number of aliphatic hydroxyl groups is 2. The van der Waals surface area contributed by atoms with E-state index in [0.29, 0.717) is 11.3 Å². The first kappa shape index (κ1) is 33.0. The van der Waals surface area contributed by atoms with E-state index in [4.69, 9.17) is 4.74 Å². The van der Waals surface area contributed by atoms with Gasteiger partial charge >= 0.3 is 0 Å². The van der Waals surface area contributed by atoms with Crippen LogP contribution in [0.25, 0.3) is 10.4 Å². The number of hydrogen-bond acceptors (Lipinski definition) is 8. The van der Waals surface area contributed by atoms with E-state index < -0.39 is 18.2 Å². The van der Waals surface area contributed by atoms with E-state index in [2.05, 4.69) is 22.2 Å². The molecule has 4 unspecified atom stereocenters. The third kappa shape index (κ3) is 8.06. The normalized spacial score (nSPS) is 21.3. The molecular weight excluding hydrogens is 540 g/mol. The van der Waals surface area contributed by atoms with Crippen LogP contribution in [0.4, 0.5) is 0 Å². The number of piperidine rings is 1. The standard InChI is InChI=1S/C29H42N4O5S.C2H6/c1-17(2)18(3)29(37)33-14-21(35)13-25(33)28(36)31-24(15-34)23-7-6-20(27-19(4)30-16-39-27)12-26(23)38-22-8-10-32(5)11-9-22;1-2/h6-7,12,16-18,21-22,24-25,34-35H,8-11,13-15H2,1-5H3,(H,31,36);1-2H3. The lowest BCUT2D eigenvalue weighted by atomic mass is 9.96. The SMILES string of the molecule is CC.Cc1ncsc1-c1ccc(C(CO)NC(=O)C2CC(O)CN2C(=O)C(C)C(C)C)c(OC2CCN(C)CC2)c1. The molecule has 0 spiro atoms. The number of aromatic nitrogens is 1. The van der Waals surface area contributed by atoms with Crippen LogP contribution in [0.5, 0.6) is 5.75 Å². The molecule has 0 aliphatic carbocycles. The highest BCUT2D eigenvalue weighted by atomic mass is 32.1. The van der Waals surface area contributed by atoms with E-state index in [0.717, 1.165) is 42.1 Å². The van der Waals surface area contributed by atoms with Crippen molar-refractivity contribution in [1.29, 1.82) is 0 Å². The first-order valence-corrected chi connectivity index (χ1v) is 15.8. The van der Waals surface area contributed by atoms with Gasteiger partial charge in [0.25, 0.3) is 0 Å². The molecule has 2 amide bonds. The summed E-state index contributed by atoms with van der Waals surface area (Å²) in [5.41, 5.74) is 4.41. The van der Waals surface area contributed by atoms with Crippen molar-refractivity contribution in [2.24, 2.45) is 11.8 Å². The highest BCUT2D eigenvalue weighted by Gasteiger charge is 2.41. The Bertz CT molecular complexity index is 1150. The maximum Gasteiger partial charge on any atom is 0.243 e. The molecular formula is C31H48N4O5S. The lowest BCUT2D eigenvalue weighted by molar-refractivity contribution is -0.142. The van der Waals surface area contributed by atoms with Crippen LogP contribution in [-0.2, 0) is 9.59 Å². The number of amides is 2. The van der Waals surface area contributed by atoms with Crippen molar-refractivity contribution in [2.45, 2.75) is 85.1 Å². The van der Waals surface area contributed by atoms with Gasteiger partial charge < -0.3 is 30.1 Å². The quantitative estimate of drug-likeness (QED) is 0.405. The number of β-amino-alcohol motifs (C(OH)–C–C–N with tert-alkyl or cyclic N) is 1. The first-order valence-electron chi connectivity index (χ1n) is 14.9. The second kappa shape index (κ2) is 15.1. The maximum atomic E-state index is 13.5. The van der Waals surface area contributed by atoms with Gasteiger partial charge in [-0.25, -0.2) is 4.98 Å². The lowest BCUT2D eigenvalue weighted by Gasteiger charge is -2.31. The van der Waals surface area contributed by atoms with Crippen molar-refractivity contribution in [3.05, 3.63) is 35.0 Å². The number of carbonyl (C=O) groups excluding carboxylic acids is 2. The molecule has 3 heterocycles. The molecule has 41 heavy (non-hydrogen) atoms. The van der Waals surface area contributed by atoms with Gasteiger partial charge in [0.2, 0.25) is 11.8 Å². The fourth-order valence-electron chi connectivity index (χ4n) is 5.27. The van der Waals surface area contributed by atoms with Gasteiger partial charge in [0.1, 0.15) is 17.9 Å². The number of ether oxygens (including phenoxy) is 1. The molecule has 0 saturated carbocycles. The first-order chi connectivity index (χ1) is 19.6. The highest BCUT2D eigenvalue weighted by Crippen LogP contribution is 2.36. The summed E-state index contributed by atoms with van der Waals surface area (Å²) in [6, 6.07) is 4.31. The number of thiazole rings is 1. The van der Waals surface area contributed by atoms with E-state index >= 15 is 0 Å². The lowest BCUT2D eigenvalue weighted by Crippen LogP contribution is -2.49. The minimum atomic E-state index is -0.792. The number of aryl methyl sites for hydroxylation is 1. The van der Waals surface area contributed by atoms with Crippen LogP contribution in [-0.4, -0.2) is 88.3 Å². The Morgan fingerprint density at radius 1 is 1.20 bits per heavy atom. The van der Waals surface area contributed by atoms with E-state index in [-0.39, 0.29) is 49.3 Å². The number of nitrogens with zero attached hydrogens (tertiary/aromatic N) is 3. The van der Waals surface area contributed by atoms with E-state index in [9.17, 15) is 19.8 Å². The van der Waals surface area contributed by atoms with E-state index in [1.807, 2.05) is 65.3 Å². The van der Waals surface area contributed by atoms with Crippen LogP contribution >= 0.6 is 11.3 Å². The molecule has 4 rings (SSSR count). The molecule has 2 saturated heterocycles. The molecule has 2 fully saturated rings. The smallest absolute Gasteiger partial charge is 0.243 e. The van der Waals surface area contributed by atoms with Gasteiger partial charge in [-0.1, -0.05) is 46.8 Å². The zero-order chi connectivity index (χ0) is 30.3. The Kier molecular flexibility index (Phi) is 12.1. The van der Waals surface area contributed by atoms with Gasteiger partial charge in [0.05, 0.1) is 34.8 Å². The second-order valence-electron chi connectivity index (χ2n) is 11.3. The largest absolute Gasteiger partial charge is 0.490 e. The molecule has 0 bridgehead atoms. The molecule has 2 aliphatic rings. The van der Waals surface area contributed by atoms with Crippen molar-refractivity contribution >= 4 is 23.2 Å². The van der Waals surface area contributed by atoms with Crippen LogP contribution in [0.2, 0.25) is 0 Å². The van der Waals surface area contributed by atoms with Crippen molar-refractivity contribution < 1.29 is 24.5 Å². The summed E-state index contributed by atoms with van der Waals surface area (Å²) in [6.45, 7) is 13.4. The Morgan fingerprint density at radius 2 is 1.88 bits per heavy atom. The van der Waals surface area contributed by atoms with Crippen LogP contribution in [0.3, 0.4) is 0 Å². The van der Waals surface area contributed by atoms with Crippen LogP contribution in [0.1, 0.15) is 71.2 Å². The Labute approximate surface area is 248 Å². The van der Waals surface area contributed by atoms with Gasteiger partial charge in [-0.2, -0.15) is 0 Å². The van der Waals surface area contributed by atoms with Crippen molar-refractivity contribution in [3.8, 4) is 16.2 Å². The van der Waals surface area contributed by atoms with E-state index in [1.165, 1.54) is 4.90 Å². The molecule has 4 atom stereocenters. The Balaban J connectivity index is 0.00000226. The summed E-state index contributed by atoms with van der Waals surface area (Å²) in [5.74, 6) is -0.0528. The van der Waals surface area contributed by atoms with Crippen molar-refractivity contribution in [2.75, 3.05) is 33.3 Å². The molecule has 0 radical (unpaired) electrons. The molecule has 1 aromatic heterocycles. The predicted octanol–water partition coefficient (Wildman–Crippen LogP) is 4.02. The van der Waals surface area contributed by atoms with Crippen molar-refractivity contribution in [1.82, 2.24) is 20.1 Å². The average molecular weight is 589 g/mol. The molecule has 228 valence electrons. The number of carbonyl (C=O) groups is 2. The fraction of sp³-hybridized carbons (Fsp3) is 0.645. The number of aliphatic hydroxyl groups excluding tert-OH is 2. The topological polar surface area (TPSA) is 115 Å². The predicted molar refractivity (Wildman–Crippen MR) is 163 cm³/mol. The second-order valence-corrected chi connectivity index (χ2v) is 12.2. The summed E-state index contributed by atoms with van der Waals surface area (Å²) < 4.78 is 6.53. The third-order valence-electron chi connectivity index (χ3n) is 8.11. The molecule has 2 aliphatic heterocycles. The molecule has 1 aromatic carbocycles. The summed E-state index contributed by atoms with van der Waals surface area (Å²) in [5, 5.41) is 23.7. The van der Waals surface area contributed by atoms with Gasteiger partial charge in [-0.3, -0.25) is 9.59 Å². The van der Waals surface area contributed by atoms with Gasteiger partial charge in [-0.15, -0.1) is 11.3 Å². The number of hydrogen-bond donors (Lipinski definition) is 3. The van der Waals surface area contributed by atoms with Gasteiger partial charge in [-0.05, 0) is 44.4 Å². The van der Waals surface area contributed by atoms with Crippen LogP contribution in [0.15, 0.2) is 23.7 Å². The molecule has 9 nitrogen and oxygen atoms in total. The summed E-state index contributed by atoms with van der Waals surface area (Å²) in [4.78, 5) is 35.8. The maximum absolute atomic E-state index is 13.5. The zero-order valence-corrected chi connectivity index (χ0v) is 26.4. The number of nitrogens with one attached hydrogen (secondary N) is 1.